The first-order valence-corrected chi connectivity index (χ1v) is 10.5. The van der Waals surface area contributed by atoms with Crippen LogP contribution in [0, 0.1) is 11.8 Å². The van der Waals surface area contributed by atoms with Gasteiger partial charge in [-0.15, -0.1) is 0 Å². The Morgan fingerprint density at radius 2 is 2.11 bits per heavy atom. The van der Waals surface area contributed by atoms with Gasteiger partial charge in [-0.05, 0) is 80.4 Å². The minimum Gasteiger partial charge on any atom is -0.497 e. The van der Waals surface area contributed by atoms with E-state index in [-0.39, 0.29) is 6.10 Å². The number of likely N-dealkylation sites (tertiary alicyclic amines) is 1. The Bertz CT molecular complexity index is 733. The molecule has 2 aromatic rings. The maximum Gasteiger partial charge on any atom is 0.119 e. The molecule has 0 bridgehead atoms. The topological polar surface area (TPSA) is 45.6 Å². The van der Waals surface area contributed by atoms with E-state index in [1.807, 2.05) is 30.5 Å². The highest BCUT2D eigenvalue weighted by molar-refractivity contribution is 5.83. The van der Waals surface area contributed by atoms with Crippen molar-refractivity contribution in [2.45, 2.75) is 52.1 Å². The van der Waals surface area contributed by atoms with Crippen molar-refractivity contribution in [2.75, 3.05) is 26.7 Å². The van der Waals surface area contributed by atoms with Gasteiger partial charge in [0.25, 0.3) is 0 Å². The van der Waals surface area contributed by atoms with Gasteiger partial charge < -0.3 is 14.7 Å². The Labute approximate surface area is 163 Å². The summed E-state index contributed by atoms with van der Waals surface area (Å²) in [5.41, 5.74) is 2.11. The largest absolute Gasteiger partial charge is 0.497 e. The van der Waals surface area contributed by atoms with Gasteiger partial charge in [0.05, 0.1) is 18.7 Å². The number of benzene rings is 1. The molecule has 2 heterocycles. The van der Waals surface area contributed by atoms with E-state index in [0.717, 1.165) is 28.6 Å². The van der Waals surface area contributed by atoms with Gasteiger partial charge in [-0.2, -0.15) is 0 Å². The van der Waals surface area contributed by atoms with Crippen LogP contribution in [0.15, 0.2) is 30.5 Å². The van der Waals surface area contributed by atoms with Crippen molar-refractivity contribution >= 4 is 10.9 Å². The molecule has 1 N–H and O–H groups in total. The van der Waals surface area contributed by atoms with Crippen molar-refractivity contribution in [2.24, 2.45) is 11.8 Å². The van der Waals surface area contributed by atoms with Crippen LogP contribution < -0.4 is 4.74 Å². The monoisotopic (exact) mass is 370 g/mol. The summed E-state index contributed by atoms with van der Waals surface area (Å²) >= 11 is 0. The Morgan fingerprint density at radius 3 is 2.85 bits per heavy atom. The minimum atomic E-state index is -0.307. The number of rotatable bonds is 8. The van der Waals surface area contributed by atoms with Gasteiger partial charge in [0, 0.05) is 18.1 Å². The third-order valence-corrected chi connectivity index (χ3v) is 6.11. The molecule has 1 aromatic heterocycles. The number of hydrogen-bond donors (Lipinski definition) is 1. The van der Waals surface area contributed by atoms with Crippen LogP contribution in [-0.4, -0.2) is 47.8 Å². The SMILES string of the molecule is CCCN1CC[C@@H](CC(O)Cc2ccnc3ccc(OC)cc23)[C@@H](CC)C1. The molecule has 0 aliphatic carbocycles. The maximum absolute atomic E-state index is 10.9. The lowest BCUT2D eigenvalue weighted by molar-refractivity contribution is 0.0666. The molecule has 1 aliphatic rings. The summed E-state index contributed by atoms with van der Waals surface area (Å²) in [6, 6.07) is 7.99. The number of aromatic nitrogens is 1. The van der Waals surface area contributed by atoms with Crippen LogP contribution >= 0.6 is 0 Å². The lowest BCUT2D eigenvalue weighted by atomic mass is 9.79. The fourth-order valence-electron chi connectivity index (χ4n) is 4.62. The number of piperidine rings is 1. The number of ether oxygens (including phenoxy) is 1. The lowest BCUT2D eigenvalue weighted by Crippen LogP contribution is -2.41. The Kier molecular flexibility index (Phi) is 7.08. The van der Waals surface area contributed by atoms with Gasteiger partial charge in [0.15, 0.2) is 0 Å². The number of pyridine rings is 1. The van der Waals surface area contributed by atoms with Crippen LogP contribution in [0.25, 0.3) is 10.9 Å². The van der Waals surface area contributed by atoms with Crippen molar-refractivity contribution in [1.82, 2.24) is 9.88 Å². The fourth-order valence-corrected chi connectivity index (χ4v) is 4.62. The molecule has 3 rings (SSSR count). The second-order valence-corrected chi connectivity index (χ2v) is 7.96. The lowest BCUT2D eigenvalue weighted by Gasteiger charge is -2.39. The highest BCUT2D eigenvalue weighted by Gasteiger charge is 2.29. The number of nitrogens with zero attached hydrogens (tertiary/aromatic N) is 2. The third-order valence-electron chi connectivity index (χ3n) is 6.11. The van der Waals surface area contributed by atoms with E-state index >= 15 is 0 Å². The van der Waals surface area contributed by atoms with E-state index in [1.165, 1.54) is 38.9 Å². The number of aliphatic hydroxyl groups is 1. The molecule has 0 radical (unpaired) electrons. The summed E-state index contributed by atoms with van der Waals surface area (Å²) in [6.07, 6.45) is 6.74. The van der Waals surface area contributed by atoms with Gasteiger partial charge in [-0.1, -0.05) is 20.3 Å². The quantitative estimate of drug-likeness (QED) is 0.753. The zero-order valence-corrected chi connectivity index (χ0v) is 17.0. The second kappa shape index (κ2) is 9.52. The predicted octanol–water partition coefficient (Wildman–Crippen LogP) is 4.30. The zero-order valence-electron chi connectivity index (χ0n) is 17.0. The van der Waals surface area contributed by atoms with Crippen LogP contribution in [-0.2, 0) is 6.42 Å². The maximum atomic E-state index is 10.9. The molecule has 1 aliphatic heterocycles. The van der Waals surface area contributed by atoms with Crippen LogP contribution in [0.4, 0.5) is 0 Å². The first-order valence-electron chi connectivity index (χ1n) is 10.5. The predicted molar refractivity (Wildman–Crippen MR) is 111 cm³/mol. The summed E-state index contributed by atoms with van der Waals surface area (Å²) in [7, 11) is 1.68. The van der Waals surface area contributed by atoms with E-state index in [0.29, 0.717) is 18.3 Å². The van der Waals surface area contributed by atoms with Crippen LogP contribution in [0.5, 0.6) is 5.75 Å². The van der Waals surface area contributed by atoms with Gasteiger partial charge in [0.1, 0.15) is 5.75 Å². The highest BCUT2D eigenvalue weighted by Crippen LogP contribution is 2.31. The molecule has 4 heteroatoms. The fraction of sp³-hybridized carbons (Fsp3) is 0.609. The smallest absolute Gasteiger partial charge is 0.119 e. The average molecular weight is 371 g/mol. The van der Waals surface area contributed by atoms with Crippen molar-refractivity contribution in [1.29, 1.82) is 0 Å². The molecule has 3 atom stereocenters. The second-order valence-electron chi connectivity index (χ2n) is 7.96. The van der Waals surface area contributed by atoms with Gasteiger partial charge in [0.2, 0.25) is 0 Å². The van der Waals surface area contributed by atoms with Gasteiger partial charge in [-0.3, -0.25) is 4.98 Å². The summed E-state index contributed by atoms with van der Waals surface area (Å²) < 4.78 is 5.37. The molecule has 1 fully saturated rings. The molecule has 148 valence electrons. The molecule has 4 nitrogen and oxygen atoms in total. The number of aliphatic hydroxyl groups excluding tert-OH is 1. The third kappa shape index (κ3) is 4.99. The van der Waals surface area contributed by atoms with Crippen molar-refractivity contribution in [3.63, 3.8) is 0 Å². The standard InChI is InChI=1S/C23H34N2O2/c1-4-11-25-12-9-18(17(5-2)16-25)13-20(26)14-19-8-10-24-23-7-6-21(27-3)15-22(19)23/h6-8,10,15,17-18,20,26H,4-5,9,11-14,16H2,1-3H3/t17-,18-,20?/m0/s1. The van der Waals surface area contributed by atoms with Crippen molar-refractivity contribution in [3.05, 3.63) is 36.0 Å². The Balaban J connectivity index is 1.67. The van der Waals surface area contributed by atoms with E-state index in [1.54, 1.807) is 7.11 Å². The Hall–Kier alpha value is -1.65. The van der Waals surface area contributed by atoms with Crippen molar-refractivity contribution in [3.8, 4) is 5.75 Å². The molecule has 1 unspecified atom stereocenters. The molecular weight excluding hydrogens is 336 g/mol. The molecule has 0 saturated carbocycles. The van der Waals surface area contributed by atoms with Crippen LogP contribution in [0.3, 0.4) is 0 Å². The van der Waals surface area contributed by atoms with Crippen LogP contribution in [0.1, 0.15) is 45.1 Å². The number of fused-ring (bicyclic) bond motifs is 1. The summed E-state index contributed by atoms with van der Waals surface area (Å²) in [5, 5.41) is 11.9. The molecule has 27 heavy (non-hydrogen) atoms. The van der Waals surface area contributed by atoms with Gasteiger partial charge >= 0.3 is 0 Å². The van der Waals surface area contributed by atoms with E-state index < -0.39 is 0 Å². The first-order chi connectivity index (χ1) is 13.1. The summed E-state index contributed by atoms with van der Waals surface area (Å²) in [6.45, 7) is 8.12. The molecular formula is C23H34N2O2. The van der Waals surface area contributed by atoms with E-state index in [4.69, 9.17) is 4.74 Å². The number of methoxy groups -OCH3 is 1. The average Bonchev–Trinajstić information content (AvgIpc) is 2.69. The summed E-state index contributed by atoms with van der Waals surface area (Å²) in [5.74, 6) is 2.16. The molecule has 0 amide bonds. The first kappa shape index (κ1) is 20.1. The van der Waals surface area contributed by atoms with E-state index in [9.17, 15) is 5.11 Å². The highest BCUT2D eigenvalue weighted by atomic mass is 16.5. The number of hydrogen-bond acceptors (Lipinski definition) is 4. The van der Waals surface area contributed by atoms with Crippen molar-refractivity contribution < 1.29 is 9.84 Å². The minimum absolute atomic E-state index is 0.307. The van der Waals surface area contributed by atoms with Crippen LogP contribution in [0.2, 0.25) is 0 Å². The summed E-state index contributed by atoms with van der Waals surface area (Å²) in [4.78, 5) is 7.05. The normalized spacial score (nSPS) is 22.1. The molecule has 0 spiro atoms. The molecule has 1 aromatic carbocycles. The Morgan fingerprint density at radius 1 is 1.26 bits per heavy atom. The molecule has 1 saturated heterocycles. The van der Waals surface area contributed by atoms with Gasteiger partial charge in [-0.25, -0.2) is 0 Å². The zero-order chi connectivity index (χ0) is 19.2. The van der Waals surface area contributed by atoms with E-state index in [2.05, 4.69) is 23.7 Å².